The Morgan fingerprint density at radius 3 is 2.50 bits per heavy atom. The molecule has 1 saturated carbocycles. The van der Waals surface area contributed by atoms with E-state index in [-0.39, 0.29) is 33.5 Å². The van der Waals surface area contributed by atoms with E-state index in [2.05, 4.69) is 34.6 Å². The van der Waals surface area contributed by atoms with Gasteiger partial charge in [-0.15, -0.1) is 0 Å². The summed E-state index contributed by atoms with van der Waals surface area (Å²) < 4.78 is 39.0. The van der Waals surface area contributed by atoms with Gasteiger partial charge in [-0.25, -0.2) is 8.42 Å². The molecule has 0 bridgehead atoms. The zero-order valence-electron chi connectivity index (χ0n) is 17.0. The monoisotopic (exact) mass is 384 g/mol. The Kier molecular flexibility index (Phi) is 4.57. The van der Waals surface area contributed by atoms with Gasteiger partial charge in [-0.1, -0.05) is 34.6 Å². The fraction of sp³-hybridized carbons (Fsp3) is 1.00. The normalized spacial score (nSPS) is 50.9. The summed E-state index contributed by atoms with van der Waals surface area (Å²) in [6, 6.07) is 0. The lowest BCUT2D eigenvalue weighted by atomic mass is 9.72. The summed E-state index contributed by atoms with van der Waals surface area (Å²) >= 11 is 0. The molecule has 1 aliphatic carbocycles. The Balaban J connectivity index is 1.53. The summed E-state index contributed by atoms with van der Waals surface area (Å²) in [7, 11) is -3.07. The average molecular weight is 385 g/mol. The fourth-order valence-electron chi connectivity index (χ4n) is 6.55. The predicted molar refractivity (Wildman–Crippen MR) is 103 cm³/mol. The number of hydrogen-bond donors (Lipinski definition) is 0. The SMILES string of the molecule is CC(C)C1(C)CCC2CC(CC(C)C3(C)COC4CCOC43)S(=O)(=O)C21. The summed E-state index contributed by atoms with van der Waals surface area (Å²) in [6.07, 6.45) is 5.10. The molecule has 4 fully saturated rings. The molecule has 0 amide bonds. The number of sulfone groups is 1. The molecule has 5 heteroatoms. The molecule has 0 aromatic carbocycles. The van der Waals surface area contributed by atoms with E-state index in [9.17, 15) is 8.42 Å². The lowest BCUT2D eigenvalue weighted by Gasteiger charge is -2.37. The number of fused-ring (bicyclic) bond motifs is 2. The van der Waals surface area contributed by atoms with Crippen molar-refractivity contribution in [2.24, 2.45) is 28.6 Å². The number of rotatable bonds is 4. The van der Waals surface area contributed by atoms with E-state index in [1.54, 1.807) is 0 Å². The highest BCUT2D eigenvalue weighted by molar-refractivity contribution is 7.93. The topological polar surface area (TPSA) is 52.6 Å². The maximum Gasteiger partial charge on any atom is 0.156 e. The van der Waals surface area contributed by atoms with E-state index in [4.69, 9.17) is 9.47 Å². The van der Waals surface area contributed by atoms with Gasteiger partial charge in [-0.05, 0) is 55.3 Å². The zero-order valence-corrected chi connectivity index (χ0v) is 17.8. The molecular formula is C21H36O4S. The average Bonchev–Trinajstić information content (AvgIpc) is 3.27. The molecule has 0 N–H and O–H groups in total. The van der Waals surface area contributed by atoms with E-state index < -0.39 is 9.84 Å². The van der Waals surface area contributed by atoms with Gasteiger partial charge >= 0.3 is 0 Å². The molecule has 4 aliphatic rings. The van der Waals surface area contributed by atoms with Crippen LogP contribution in [0.2, 0.25) is 0 Å². The van der Waals surface area contributed by atoms with Crippen LogP contribution in [0.15, 0.2) is 0 Å². The van der Waals surface area contributed by atoms with Crippen molar-refractivity contribution < 1.29 is 17.9 Å². The highest BCUT2D eigenvalue weighted by atomic mass is 32.2. The molecular weight excluding hydrogens is 348 g/mol. The first-order valence-electron chi connectivity index (χ1n) is 10.6. The van der Waals surface area contributed by atoms with Gasteiger partial charge in [0, 0.05) is 12.0 Å². The van der Waals surface area contributed by atoms with Crippen molar-refractivity contribution in [1.29, 1.82) is 0 Å². The fourth-order valence-corrected chi connectivity index (χ4v) is 9.96. The summed E-state index contributed by atoms with van der Waals surface area (Å²) in [5.41, 5.74) is -0.114. The second-order valence-electron chi connectivity index (χ2n) is 10.4. The molecule has 3 heterocycles. The minimum Gasteiger partial charge on any atom is -0.375 e. The predicted octanol–water partition coefficient (Wildman–Crippen LogP) is 3.83. The van der Waals surface area contributed by atoms with Crippen LogP contribution in [0.3, 0.4) is 0 Å². The maximum atomic E-state index is 13.5. The lowest BCUT2D eigenvalue weighted by Crippen LogP contribution is -2.42. The Bertz CT molecular complexity index is 659. The first-order chi connectivity index (χ1) is 12.1. The summed E-state index contributed by atoms with van der Waals surface area (Å²) in [5, 5.41) is -0.307. The minimum absolute atomic E-state index is 0.0540. The molecule has 0 aromatic heterocycles. The van der Waals surface area contributed by atoms with E-state index >= 15 is 0 Å². The zero-order chi connectivity index (χ0) is 18.9. The summed E-state index contributed by atoms with van der Waals surface area (Å²) in [6.45, 7) is 12.6. The molecule has 0 aromatic rings. The third-order valence-electron chi connectivity index (χ3n) is 8.87. The highest BCUT2D eigenvalue weighted by Crippen LogP contribution is 2.58. The Hall–Kier alpha value is -0.130. The van der Waals surface area contributed by atoms with Gasteiger partial charge in [0.25, 0.3) is 0 Å². The number of ether oxygens (including phenoxy) is 2. The summed E-state index contributed by atoms with van der Waals surface area (Å²) in [5.74, 6) is 1.07. The van der Waals surface area contributed by atoms with Crippen LogP contribution < -0.4 is 0 Å². The van der Waals surface area contributed by atoms with Gasteiger partial charge in [0.05, 0.1) is 29.3 Å². The van der Waals surface area contributed by atoms with Crippen LogP contribution in [0.1, 0.15) is 66.7 Å². The van der Waals surface area contributed by atoms with Gasteiger partial charge in [0.1, 0.15) is 0 Å². The van der Waals surface area contributed by atoms with Crippen LogP contribution in [0.5, 0.6) is 0 Å². The van der Waals surface area contributed by atoms with Gasteiger partial charge in [-0.3, -0.25) is 0 Å². The molecule has 0 radical (unpaired) electrons. The minimum atomic E-state index is -3.07. The molecule has 3 aliphatic heterocycles. The van der Waals surface area contributed by atoms with Crippen LogP contribution in [-0.4, -0.2) is 44.3 Å². The van der Waals surface area contributed by atoms with E-state index in [0.717, 1.165) is 38.7 Å². The number of hydrogen-bond acceptors (Lipinski definition) is 4. The molecule has 0 spiro atoms. The van der Waals surface area contributed by atoms with Crippen LogP contribution in [0.25, 0.3) is 0 Å². The molecule has 3 saturated heterocycles. The highest BCUT2D eigenvalue weighted by Gasteiger charge is 2.61. The van der Waals surface area contributed by atoms with E-state index in [0.29, 0.717) is 24.4 Å². The largest absolute Gasteiger partial charge is 0.375 e. The van der Waals surface area contributed by atoms with Crippen molar-refractivity contribution >= 4 is 9.84 Å². The van der Waals surface area contributed by atoms with Crippen LogP contribution in [0.4, 0.5) is 0 Å². The first-order valence-corrected chi connectivity index (χ1v) is 12.2. The molecule has 4 rings (SSSR count). The molecule has 26 heavy (non-hydrogen) atoms. The van der Waals surface area contributed by atoms with Crippen molar-refractivity contribution in [3.05, 3.63) is 0 Å². The molecule has 150 valence electrons. The summed E-state index contributed by atoms with van der Waals surface area (Å²) in [4.78, 5) is 0. The third kappa shape index (κ3) is 2.56. The van der Waals surface area contributed by atoms with Crippen molar-refractivity contribution in [2.75, 3.05) is 13.2 Å². The van der Waals surface area contributed by atoms with E-state index in [1.165, 1.54) is 0 Å². The molecule has 8 atom stereocenters. The van der Waals surface area contributed by atoms with Gasteiger partial charge in [-0.2, -0.15) is 0 Å². The van der Waals surface area contributed by atoms with Crippen LogP contribution in [0, 0.1) is 28.6 Å². The van der Waals surface area contributed by atoms with Gasteiger partial charge in [0.2, 0.25) is 0 Å². The van der Waals surface area contributed by atoms with Crippen LogP contribution in [-0.2, 0) is 19.3 Å². The van der Waals surface area contributed by atoms with Crippen LogP contribution >= 0.6 is 0 Å². The smallest absolute Gasteiger partial charge is 0.156 e. The Morgan fingerprint density at radius 1 is 1.08 bits per heavy atom. The Labute approximate surface area is 159 Å². The third-order valence-corrected chi connectivity index (χ3v) is 11.8. The Morgan fingerprint density at radius 2 is 1.81 bits per heavy atom. The van der Waals surface area contributed by atoms with E-state index in [1.807, 2.05) is 0 Å². The molecule has 8 unspecified atom stereocenters. The van der Waals surface area contributed by atoms with Crippen molar-refractivity contribution in [1.82, 2.24) is 0 Å². The second-order valence-corrected chi connectivity index (χ2v) is 12.8. The first kappa shape index (κ1) is 19.2. The maximum absolute atomic E-state index is 13.5. The molecule has 4 nitrogen and oxygen atoms in total. The van der Waals surface area contributed by atoms with Gasteiger partial charge in [0.15, 0.2) is 9.84 Å². The quantitative estimate of drug-likeness (QED) is 0.739. The van der Waals surface area contributed by atoms with Crippen molar-refractivity contribution in [2.45, 2.75) is 89.4 Å². The second kappa shape index (κ2) is 6.18. The van der Waals surface area contributed by atoms with Crippen molar-refractivity contribution in [3.63, 3.8) is 0 Å². The van der Waals surface area contributed by atoms with Gasteiger partial charge < -0.3 is 9.47 Å². The lowest BCUT2D eigenvalue weighted by molar-refractivity contribution is -0.00185. The standard InChI is InChI=1S/C21H36O4S/c1-13(2)20(4)8-6-15-11-16(26(22,23)19(15)20)10-14(3)21(5)12-25-17-7-9-24-18(17)21/h13-19H,6-12H2,1-5H3. The van der Waals surface area contributed by atoms with Crippen molar-refractivity contribution in [3.8, 4) is 0 Å².